The Kier molecular flexibility index (Phi) is 4.68. The van der Waals surface area contributed by atoms with Crippen molar-refractivity contribution in [2.45, 2.75) is 25.8 Å². The number of benzene rings is 1. The second kappa shape index (κ2) is 6.48. The number of aliphatic carboxylic acids is 1. The Balaban J connectivity index is 2.04. The van der Waals surface area contributed by atoms with Gasteiger partial charge in [0, 0.05) is 18.2 Å². The zero-order valence-corrected chi connectivity index (χ0v) is 10.8. The maximum Gasteiger partial charge on any atom is 0.328 e. The van der Waals surface area contributed by atoms with Gasteiger partial charge in [0.15, 0.2) is 0 Å². The van der Waals surface area contributed by atoms with Gasteiger partial charge in [-0.2, -0.15) is 0 Å². The highest BCUT2D eigenvalue weighted by molar-refractivity contribution is 5.85. The van der Waals surface area contributed by atoms with Crippen LogP contribution >= 0.6 is 0 Å². The highest BCUT2D eigenvalue weighted by Crippen LogP contribution is 2.17. The van der Waals surface area contributed by atoms with Gasteiger partial charge >= 0.3 is 5.97 Å². The van der Waals surface area contributed by atoms with Crippen LogP contribution in [0.15, 0.2) is 24.3 Å². The first-order valence-corrected chi connectivity index (χ1v) is 6.57. The fourth-order valence-corrected chi connectivity index (χ4v) is 2.32. The van der Waals surface area contributed by atoms with Crippen molar-refractivity contribution in [2.24, 2.45) is 0 Å². The van der Waals surface area contributed by atoms with E-state index in [2.05, 4.69) is 4.90 Å². The van der Waals surface area contributed by atoms with Crippen LogP contribution in [0.1, 0.15) is 30.4 Å². The third-order valence-corrected chi connectivity index (χ3v) is 3.34. The fraction of sp³-hybridized carbons (Fsp3) is 0.400. The van der Waals surface area contributed by atoms with E-state index in [-0.39, 0.29) is 5.82 Å². The molecule has 3 nitrogen and oxygen atoms in total. The van der Waals surface area contributed by atoms with E-state index in [0.717, 1.165) is 19.2 Å². The summed E-state index contributed by atoms with van der Waals surface area (Å²) in [6, 6.07) is 4.88. The lowest BCUT2D eigenvalue weighted by atomic mass is 10.1. The van der Waals surface area contributed by atoms with Crippen LogP contribution in [0.25, 0.3) is 6.08 Å². The van der Waals surface area contributed by atoms with E-state index in [0.29, 0.717) is 17.7 Å². The number of halogens is 1. The molecule has 0 aromatic heterocycles. The summed E-state index contributed by atoms with van der Waals surface area (Å²) in [5.74, 6) is -1.30. The molecule has 1 saturated heterocycles. The van der Waals surface area contributed by atoms with Crippen LogP contribution < -0.4 is 0 Å². The number of piperidine rings is 1. The maximum absolute atomic E-state index is 13.9. The third-order valence-electron chi connectivity index (χ3n) is 3.34. The van der Waals surface area contributed by atoms with Gasteiger partial charge in [0.1, 0.15) is 5.82 Å². The Morgan fingerprint density at radius 3 is 2.68 bits per heavy atom. The van der Waals surface area contributed by atoms with Crippen molar-refractivity contribution in [3.05, 3.63) is 41.2 Å². The first-order chi connectivity index (χ1) is 9.15. The number of hydrogen-bond acceptors (Lipinski definition) is 2. The van der Waals surface area contributed by atoms with Crippen LogP contribution in [0.2, 0.25) is 0 Å². The Bertz CT molecular complexity index is 479. The van der Waals surface area contributed by atoms with Gasteiger partial charge in [-0.15, -0.1) is 0 Å². The van der Waals surface area contributed by atoms with E-state index < -0.39 is 5.97 Å². The minimum Gasteiger partial charge on any atom is -0.478 e. The van der Waals surface area contributed by atoms with Crippen molar-refractivity contribution in [3.8, 4) is 0 Å². The van der Waals surface area contributed by atoms with Gasteiger partial charge in [0.05, 0.1) is 0 Å². The summed E-state index contributed by atoms with van der Waals surface area (Å²) >= 11 is 0. The molecule has 0 atom stereocenters. The van der Waals surface area contributed by atoms with Crippen LogP contribution in [0, 0.1) is 5.82 Å². The standard InChI is InChI=1S/C15H18FNO2/c16-14-10-12(5-7-15(18)19)4-6-13(14)11-17-8-2-1-3-9-17/h4-7,10H,1-3,8-9,11H2,(H,18,19). The molecule has 0 aliphatic carbocycles. The lowest BCUT2D eigenvalue weighted by Gasteiger charge is -2.26. The number of carboxylic acid groups (broad SMARTS) is 1. The molecule has 0 bridgehead atoms. The predicted octanol–water partition coefficient (Wildman–Crippen LogP) is 2.91. The third kappa shape index (κ3) is 4.17. The van der Waals surface area contributed by atoms with E-state index in [1.165, 1.54) is 31.4 Å². The molecule has 0 amide bonds. The van der Waals surface area contributed by atoms with Gasteiger partial charge in [-0.05, 0) is 43.6 Å². The van der Waals surface area contributed by atoms with Crippen molar-refractivity contribution in [3.63, 3.8) is 0 Å². The smallest absolute Gasteiger partial charge is 0.328 e. The number of carboxylic acids is 1. The largest absolute Gasteiger partial charge is 0.478 e. The molecule has 0 radical (unpaired) electrons. The summed E-state index contributed by atoms with van der Waals surface area (Å²) in [5, 5.41) is 8.53. The SMILES string of the molecule is O=C(O)C=Cc1ccc(CN2CCCCC2)c(F)c1. The average molecular weight is 263 g/mol. The molecule has 1 aromatic rings. The summed E-state index contributed by atoms with van der Waals surface area (Å²) in [4.78, 5) is 12.7. The molecule has 1 aromatic carbocycles. The minimum atomic E-state index is -1.03. The Morgan fingerprint density at radius 2 is 2.05 bits per heavy atom. The molecule has 19 heavy (non-hydrogen) atoms. The molecule has 2 rings (SSSR count). The summed E-state index contributed by atoms with van der Waals surface area (Å²) in [7, 11) is 0. The summed E-state index contributed by atoms with van der Waals surface area (Å²) in [5.41, 5.74) is 1.25. The first-order valence-electron chi connectivity index (χ1n) is 6.57. The van der Waals surface area contributed by atoms with E-state index in [1.807, 2.05) is 0 Å². The lowest BCUT2D eigenvalue weighted by Crippen LogP contribution is -2.29. The molecule has 4 heteroatoms. The van der Waals surface area contributed by atoms with E-state index >= 15 is 0 Å². The number of carbonyl (C=O) groups is 1. The molecular weight excluding hydrogens is 245 g/mol. The fourth-order valence-electron chi connectivity index (χ4n) is 2.32. The van der Waals surface area contributed by atoms with Gasteiger partial charge in [-0.25, -0.2) is 9.18 Å². The number of rotatable bonds is 4. The predicted molar refractivity (Wildman–Crippen MR) is 72.2 cm³/mol. The maximum atomic E-state index is 13.9. The molecule has 0 spiro atoms. The van der Waals surface area contributed by atoms with Gasteiger partial charge in [-0.3, -0.25) is 4.90 Å². The molecule has 1 aliphatic heterocycles. The number of hydrogen-bond donors (Lipinski definition) is 1. The zero-order chi connectivity index (χ0) is 13.7. The highest BCUT2D eigenvalue weighted by atomic mass is 19.1. The summed E-state index contributed by atoms with van der Waals surface area (Å²) in [6.45, 7) is 2.69. The Hall–Kier alpha value is -1.68. The van der Waals surface area contributed by atoms with E-state index in [1.54, 1.807) is 12.1 Å². The first kappa shape index (κ1) is 13.7. The van der Waals surface area contributed by atoms with Crippen LogP contribution in [-0.2, 0) is 11.3 Å². The molecular formula is C15H18FNO2. The van der Waals surface area contributed by atoms with Crippen molar-refractivity contribution in [1.29, 1.82) is 0 Å². The van der Waals surface area contributed by atoms with Crippen molar-refractivity contribution in [1.82, 2.24) is 4.90 Å². The van der Waals surface area contributed by atoms with Crippen molar-refractivity contribution < 1.29 is 14.3 Å². The van der Waals surface area contributed by atoms with Crippen LogP contribution in [-0.4, -0.2) is 29.1 Å². The quantitative estimate of drug-likeness (QED) is 0.849. The molecule has 0 unspecified atom stereocenters. The molecule has 1 N–H and O–H groups in total. The van der Waals surface area contributed by atoms with Crippen LogP contribution in [0.4, 0.5) is 4.39 Å². The molecule has 1 aliphatic rings. The van der Waals surface area contributed by atoms with Crippen LogP contribution in [0.5, 0.6) is 0 Å². The van der Waals surface area contributed by atoms with E-state index in [4.69, 9.17) is 5.11 Å². The van der Waals surface area contributed by atoms with Gasteiger partial charge in [0.25, 0.3) is 0 Å². The Morgan fingerprint density at radius 1 is 1.32 bits per heavy atom. The highest BCUT2D eigenvalue weighted by Gasteiger charge is 2.12. The topological polar surface area (TPSA) is 40.5 Å². The summed E-state index contributed by atoms with van der Waals surface area (Å²) in [6.07, 6.45) is 6.04. The second-order valence-electron chi connectivity index (χ2n) is 4.86. The molecule has 1 heterocycles. The van der Waals surface area contributed by atoms with Crippen molar-refractivity contribution in [2.75, 3.05) is 13.1 Å². The molecule has 0 saturated carbocycles. The number of nitrogens with zero attached hydrogens (tertiary/aromatic N) is 1. The van der Waals surface area contributed by atoms with Gasteiger partial charge < -0.3 is 5.11 Å². The zero-order valence-electron chi connectivity index (χ0n) is 10.8. The lowest BCUT2D eigenvalue weighted by molar-refractivity contribution is -0.131. The summed E-state index contributed by atoms with van der Waals surface area (Å²) < 4.78 is 13.9. The average Bonchev–Trinajstić information content (AvgIpc) is 2.40. The second-order valence-corrected chi connectivity index (χ2v) is 4.86. The minimum absolute atomic E-state index is 0.266. The van der Waals surface area contributed by atoms with E-state index in [9.17, 15) is 9.18 Å². The normalized spacial score (nSPS) is 16.9. The molecule has 102 valence electrons. The number of likely N-dealkylation sites (tertiary alicyclic amines) is 1. The monoisotopic (exact) mass is 263 g/mol. The van der Waals surface area contributed by atoms with Gasteiger partial charge in [0.2, 0.25) is 0 Å². The van der Waals surface area contributed by atoms with Crippen molar-refractivity contribution >= 4 is 12.0 Å². The Labute approximate surface area is 112 Å². The van der Waals surface area contributed by atoms with Gasteiger partial charge in [-0.1, -0.05) is 18.6 Å². The molecule has 1 fully saturated rings. The van der Waals surface area contributed by atoms with Crippen LogP contribution in [0.3, 0.4) is 0 Å².